The minimum absolute atomic E-state index is 0.0294. The smallest absolute Gasteiger partial charge is 0.331 e. The first-order valence-corrected chi connectivity index (χ1v) is 6.53. The molecular formula is C14H18O4. The van der Waals surface area contributed by atoms with Crippen LogP contribution in [0.5, 0.6) is 0 Å². The zero-order chi connectivity index (χ0) is 13.1. The van der Waals surface area contributed by atoms with Crippen LogP contribution in [0.4, 0.5) is 0 Å². The molecule has 2 aliphatic heterocycles. The van der Waals surface area contributed by atoms with Crippen LogP contribution in [-0.2, 0) is 19.1 Å². The Bertz CT molecular complexity index is 453. The van der Waals surface area contributed by atoms with Gasteiger partial charge in [-0.1, -0.05) is 13.8 Å². The molecule has 0 bridgehead atoms. The Balaban J connectivity index is 1.91. The van der Waals surface area contributed by atoms with Crippen LogP contribution in [0.15, 0.2) is 11.6 Å². The van der Waals surface area contributed by atoms with Crippen LogP contribution in [0.1, 0.15) is 33.6 Å². The zero-order valence-electron chi connectivity index (χ0n) is 10.9. The van der Waals surface area contributed by atoms with Gasteiger partial charge in [-0.3, -0.25) is 4.79 Å². The SMILES string of the molecule is CC1=CC(=O)O[C@@H]1[C@]1(C)CC[C@H]2[C@H](C)C(=O)O[C@@H]21. The van der Waals surface area contributed by atoms with E-state index in [-0.39, 0.29) is 41.4 Å². The van der Waals surface area contributed by atoms with Gasteiger partial charge in [0.2, 0.25) is 0 Å². The number of rotatable bonds is 1. The van der Waals surface area contributed by atoms with Gasteiger partial charge in [0, 0.05) is 17.4 Å². The maximum Gasteiger partial charge on any atom is 0.331 e. The molecule has 1 aliphatic carbocycles. The highest BCUT2D eigenvalue weighted by Crippen LogP contribution is 2.54. The molecule has 98 valence electrons. The lowest BCUT2D eigenvalue weighted by atomic mass is 9.76. The fraction of sp³-hybridized carbons (Fsp3) is 0.714. The molecule has 3 rings (SSSR count). The van der Waals surface area contributed by atoms with Crippen molar-refractivity contribution in [1.82, 2.24) is 0 Å². The Hall–Kier alpha value is -1.32. The molecule has 4 heteroatoms. The molecule has 5 atom stereocenters. The van der Waals surface area contributed by atoms with Gasteiger partial charge < -0.3 is 9.47 Å². The van der Waals surface area contributed by atoms with Gasteiger partial charge in [-0.05, 0) is 25.3 Å². The Morgan fingerprint density at radius 1 is 1.33 bits per heavy atom. The number of hydrogen-bond donors (Lipinski definition) is 0. The van der Waals surface area contributed by atoms with Crippen molar-refractivity contribution in [2.24, 2.45) is 17.3 Å². The number of carbonyl (C=O) groups is 2. The highest BCUT2D eigenvalue weighted by atomic mass is 16.6. The van der Waals surface area contributed by atoms with Crippen molar-refractivity contribution >= 4 is 11.9 Å². The van der Waals surface area contributed by atoms with E-state index in [1.807, 2.05) is 13.8 Å². The van der Waals surface area contributed by atoms with Crippen LogP contribution in [0.2, 0.25) is 0 Å². The summed E-state index contributed by atoms with van der Waals surface area (Å²) in [6, 6.07) is 0. The lowest BCUT2D eigenvalue weighted by Crippen LogP contribution is -2.42. The van der Waals surface area contributed by atoms with E-state index in [1.165, 1.54) is 0 Å². The van der Waals surface area contributed by atoms with Gasteiger partial charge in [0.1, 0.15) is 12.2 Å². The summed E-state index contributed by atoms with van der Waals surface area (Å²) in [5.41, 5.74) is 0.677. The number of cyclic esters (lactones) is 1. The highest BCUT2D eigenvalue weighted by Gasteiger charge is 2.60. The monoisotopic (exact) mass is 250 g/mol. The number of fused-ring (bicyclic) bond motifs is 1. The van der Waals surface area contributed by atoms with E-state index in [2.05, 4.69) is 6.92 Å². The molecule has 0 N–H and O–H groups in total. The van der Waals surface area contributed by atoms with Gasteiger partial charge in [-0.15, -0.1) is 0 Å². The van der Waals surface area contributed by atoms with E-state index >= 15 is 0 Å². The summed E-state index contributed by atoms with van der Waals surface area (Å²) >= 11 is 0. The van der Waals surface area contributed by atoms with Crippen molar-refractivity contribution in [2.75, 3.05) is 0 Å². The van der Waals surface area contributed by atoms with Crippen LogP contribution in [0, 0.1) is 17.3 Å². The molecule has 2 fully saturated rings. The molecular weight excluding hydrogens is 232 g/mol. The van der Waals surface area contributed by atoms with Crippen LogP contribution >= 0.6 is 0 Å². The molecule has 18 heavy (non-hydrogen) atoms. The van der Waals surface area contributed by atoms with Gasteiger partial charge in [0.15, 0.2) is 0 Å². The first-order chi connectivity index (χ1) is 8.43. The molecule has 0 aromatic rings. The van der Waals surface area contributed by atoms with Crippen molar-refractivity contribution in [2.45, 2.75) is 45.8 Å². The van der Waals surface area contributed by atoms with E-state index in [0.717, 1.165) is 18.4 Å². The summed E-state index contributed by atoms with van der Waals surface area (Å²) < 4.78 is 11.0. The highest BCUT2D eigenvalue weighted by molar-refractivity contribution is 5.86. The molecule has 0 amide bonds. The second-order valence-corrected chi connectivity index (χ2v) is 6.06. The second-order valence-electron chi connectivity index (χ2n) is 6.06. The van der Waals surface area contributed by atoms with Gasteiger partial charge in [0.05, 0.1) is 5.92 Å². The molecule has 0 unspecified atom stereocenters. The minimum atomic E-state index is -0.278. The third-order valence-corrected chi connectivity index (χ3v) is 4.90. The van der Waals surface area contributed by atoms with Crippen LogP contribution in [0.3, 0.4) is 0 Å². The van der Waals surface area contributed by atoms with E-state index in [1.54, 1.807) is 6.08 Å². The molecule has 0 aromatic heterocycles. The van der Waals surface area contributed by atoms with Crippen molar-refractivity contribution in [3.05, 3.63) is 11.6 Å². The maximum absolute atomic E-state index is 11.7. The predicted octanol–water partition coefficient (Wildman–Crippen LogP) is 1.84. The lowest BCUT2D eigenvalue weighted by Gasteiger charge is -2.35. The van der Waals surface area contributed by atoms with Crippen molar-refractivity contribution in [3.8, 4) is 0 Å². The number of ether oxygens (including phenoxy) is 2. The molecule has 0 radical (unpaired) electrons. The molecule has 2 heterocycles. The summed E-state index contributed by atoms with van der Waals surface area (Å²) in [5.74, 6) is -0.144. The molecule has 0 spiro atoms. The minimum Gasteiger partial charge on any atom is -0.461 e. The van der Waals surface area contributed by atoms with Crippen LogP contribution in [0.25, 0.3) is 0 Å². The van der Waals surface area contributed by atoms with E-state index in [0.29, 0.717) is 0 Å². The van der Waals surface area contributed by atoms with E-state index in [4.69, 9.17) is 9.47 Å². The maximum atomic E-state index is 11.7. The summed E-state index contributed by atoms with van der Waals surface area (Å²) in [5, 5.41) is 0. The zero-order valence-corrected chi connectivity index (χ0v) is 10.9. The van der Waals surface area contributed by atoms with Crippen molar-refractivity contribution < 1.29 is 19.1 Å². The quantitative estimate of drug-likeness (QED) is 0.666. The van der Waals surface area contributed by atoms with Crippen LogP contribution < -0.4 is 0 Å². The molecule has 0 aromatic carbocycles. The normalized spacial score (nSPS) is 46.7. The fourth-order valence-electron chi connectivity index (χ4n) is 3.84. The number of esters is 2. The Kier molecular flexibility index (Phi) is 2.34. The number of carbonyl (C=O) groups excluding carboxylic acids is 2. The lowest BCUT2D eigenvalue weighted by molar-refractivity contribution is -0.155. The first kappa shape index (κ1) is 11.8. The predicted molar refractivity (Wildman–Crippen MR) is 63.5 cm³/mol. The second kappa shape index (κ2) is 3.59. The largest absolute Gasteiger partial charge is 0.461 e. The van der Waals surface area contributed by atoms with E-state index in [9.17, 15) is 9.59 Å². The van der Waals surface area contributed by atoms with Gasteiger partial charge in [0.25, 0.3) is 0 Å². The van der Waals surface area contributed by atoms with Gasteiger partial charge >= 0.3 is 11.9 Å². The summed E-state index contributed by atoms with van der Waals surface area (Å²) in [6.07, 6.45) is 3.10. The van der Waals surface area contributed by atoms with Crippen molar-refractivity contribution in [1.29, 1.82) is 0 Å². The third kappa shape index (κ3) is 1.38. The van der Waals surface area contributed by atoms with Gasteiger partial charge in [-0.2, -0.15) is 0 Å². The average molecular weight is 250 g/mol. The van der Waals surface area contributed by atoms with Gasteiger partial charge in [-0.25, -0.2) is 4.79 Å². The molecule has 4 nitrogen and oxygen atoms in total. The summed E-state index contributed by atoms with van der Waals surface area (Å²) in [4.78, 5) is 23.1. The molecule has 1 saturated heterocycles. The first-order valence-electron chi connectivity index (χ1n) is 6.53. The Labute approximate surface area is 106 Å². The fourth-order valence-corrected chi connectivity index (χ4v) is 3.84. The third-order valence-electron chi connectivity index (χ3n) is 4.90. The summed E-state index contributed by atoms with van der Waals surface area (Å²) in [7, 11) is 0. The Morgan fingerprint density at radius 2 is 2.06 bits per heavy atom. The Morgan fingerprint density at radius 3 is 2.67 bits per heavy atom. The van der Waals surface area contributed by atoms with Crippen LogP contribution in [-0.4, -0.2) is 24.1 Å². The summed E-state index contributed by atoms with van der Waals surface area (Å²) in [6.45, 7) is 5.92. The topological polar surface area (TPSA) is 52.6 Å². The van der Waals surface area contributed by atoms with E-state index < -0.39 is 0 Å². The van der Waals surface area contributed by atoms with Crippen molar-refractivity contribution in [3.63, 3.8) is 0 Å². The average Bonchev–Trinajstić information content (AvgIpc) is 2.89. The molecule has 3 aliphatic rings. The standard InChI is InChI=1S/C14H18O4/c1-7-6-10(15)17-11(7)14(3)5-4-9-8(2)13(16)18-12(9)14/h6,8-9,11-12H,4-5H2,1-3H3/t8-,9-,11-,12-,14-/m0/s1. The number of hydrogen-bond acceptors (Lipinski definition) is 4. The molecule has 1 saturated carbocycles.